The lowest BCUT2D eigenvalue weighted by atomic mass is 9.84. The van der Waals surface area contributed by atoms with Crippen molar-refractivity contribution in [3.63, 3.8) is 0 Å². The summed E-state index contributed by atoms with van der Waals surface area (Å²) < 4.78 is 0. The number of nitrogens with zero attached hydrogens (tertiary/aromatic N) is 2. The molecule has 0 saturated heterocycles. The summed E-state index contributed by atoms with van der Waals surface area (Å²) >= 11 is 1.62. The van der Waals surface area contributed by atoms with Crippen LogP contribution >= 0.6 is 11.3 Å². The van der Waals surface area contributed by atoms with Gasteiger partial charge in [0.2, 0.25) is 5.95 Å². The van der Waals surface area contributed by atoms with E-state index in [-0.39, 0.29) is 0 Å². The van der Waals surface area contributed by atoms with E-state index in [1.54, 1.807) is 11.3 Å². The van der Waals surface area contributed by atoms with E-state index >= 15 is 0 Å². The molecule has 2 aliphatic rings. The van der Waals surface area contributed by atoms with E-state index in [0.717, 1.165) is 33.8 Å². The molecule has 0 aromatic carbocycles. The minimum Gasteiger partial charge on any atom is -0.367 e. The van der Waals surface area contributed by atoms with Gasteiger partial charge in [0.15, 0.2) is 0 Å². The van der Waals surface area contributed by atoms with Crippen LogP contribution in [0.1, 0.15) is 32.6 Å². The molecule has 6 heteroatoms. The van der Waals surface area contributed by atoms with Crippen molar-refractivity contribution in [2.45, 2.75) is 38.6 Å². The van der Waals surface area contributed by atoms with Gasteiger partial charge >= 0.3 is 0 Å². The molecule has 4 unspecified atom stereocenters. The molecule has 4 rings (SSSR count). The Morgan fingerprint density at radius 1 is 1.33 bits per heavy atom. The van der Waals surface area contributed by atoms with Crippen LogP contribution in [0.5, 0.6) is 0 Å². The average molecular weight is 303 g/mol. The van der Waals surface area contributed by atoms with Gasteiger partial charge in [0, 0.05) is 6.04 Å². The minimum atomic E-state index is 0.448. The van der Waals surface area contributed by atoms with Gasteiger partial charge in [-0.3, -0.25) is 5.43 Å². The number of anilines is 2. The number of hydrazine groups is 1. The fraction of sp³-hybridized carbons (Fsp3) is 0.600. The monoisotopic (exact) mass is 303 g/mol. The number of aromatic nitrogens is 2. The number of nitrogens with two attached hydrogens (primary N) is 1. The quantitative estimate of drug-likeness (QED) is 0.597. The Labute approximate surface area is 128 Å². The molecule has 2 bridgehead atoms. The molecule has 0 aliphatic heterocycles. The summed E-state index contributed by atoms with van der Waals surface area (Å²) in [5.74, 6) is 9.52. The second kappa shape index (κ2) is 5.10. The number of thiophene rings is 1. The molecule has 4 atom stereocenters. The first-order chi connectivity index (χ1) is 10.2. The maximum Gasteiger partial charge on any atom is 0.240 e. The van der Waals surface area contributed by atoms with Crippen molar-refractivity contribution in [2.75, 3.05) is 10.7 Å². The van der Waals surface area contributed by atoms with Gasteiger partial charge in [-0.25, -0.2) is 10.8 Å². The van der Waals surface area contributed by atoms with Gasteiger partial charge in [-0.1, -0.05) is 6.42 Å². The maximum absolute atomic E-state index is 5.48. The first kappa shape index (κ1) is 13.3. The summed E-state index contributed by atoms with van der Waals surface area (Å²) in [6, 6.07) is 2.53. The second-order valence-corrected chi connectivity index (χ2v) is 7.35. The predicted molar refractivity (Wildman–Crippen MR) is 87.2 cm³/mol. The summed E-state index contributed by atoms with van der Waals surface area (Å²) in [4.78, 5) is 9.87. The molecular weight excluding hydrogens is 282 g/mol. The molecule has 2 aromatic heterocycles. The minimum absolute atomic E-state index is 0.448. The standard InChI is InChI=1S/C15H21N5S/c1-8(12-7-9-2-3-10(12)6-9)17-13-11-4-5-21-14(11)19-15(18-13)20-16/h4-5,8-10,12H,2-3,6-7,16H2,1H3,(H2,17,18,19,20). The molecular formula is C15H21N5S. The average Bonchev–Trinajstić information content (AvgIpc) is 3.22. The molecule has 0 amide bonds. The lowest BCUT2D eigenvalue weighted by molar-refractivity contribution is 0.304. The Morgan fingerprint density at radius 3 is 2.95 bits per heavy atom. The smallest absolute Gasteiger partial charge is 0.240 e. The number of fused-ring (bicyclic) bond motifs is 3. The summed E-state index contributed by atoms with van der Waals surface area (Å²) in [7, 11) is 0. The summed E-state index contributed by atoms with van der Waals surface area (Å²) in [6.07, 6.45) is 5.66. The predicted octanol–water partition coefficient (Wildman–Crippen LogP) is 3.21. The fourth-order valence-corrected chi connectivity index (χ4v) is 5.02. The van der Waals surface area contributed by atoms with Crippen molar-refractivity contribution >= 4 is 33.3 Å². The van der Waals surface area contributed by atoms with Crippen LogP contribution in [0.2, 0.25) is 0 Å². The molecule has 5 nitrogen and oxygen atoms in total. The van der Waals surface area contributed by atoms with Crippen LogP contribution in [0.3, 0.4) is 0 Å². The molecule has 2 aliphatic carbocycles. The zero-order chi connectivity index (χ0) is 14.4. The Bertz CT molecular complexity index is 655. The topological polar surface area (TPSA) is 75.9 Å². The van der Waals surface area contributed by atoms with Crippen LogP contribution in [0.15, 0.2) is 11.4 Å². The van der Waals surface area contributed by atoms with Crippen molar-refractivity contribution in [3.8, 4) is 0 Å². The highest BCUT2D eigenvalue weighted by atomic mass is 32.1. The third kappa shape index (κ3) is 2.26. The van der Waals surface area contributed by atoms with Gasteiger partial charge in [0.1, 0.15) is 10.6 Å². The van der Waals surface area contributed by atoms with Gasteiger partial charge in [0.25, 0.3) is 0 Å². The molecule has 4 N–H and O–H groups in total. The summed E-state index contributed by atoms with van der Waals surface area (Å²) in [6.45, 7) is 2.29. The van der Waals surface area contributed by atoms with Gasteiger partial charge in [-0.15, -0.1) is 11.3 Å². The molecule has 0 spiro atoms. The largest absolute Gasteiger partial charge is 0.367 e. The third-order valence-electron chi connectivity index (χ3n) is 5.25. The Kier molecular flexibility index (Phi) is 3.23. The zero-order valence-corrected chi connectivity index (χ0v) is 13.0. The van der Waals surface area contributed by atoms with Crippen molar-refractivity contribution in [1.29, 1.82) is 0 Å². The number of nitrogens with one attached hydrogen (secondary N) is 2. The van der Waals surface area contributed by atoms with Gasteiger partial charge < -0.3 is 5.32 Å². The van der Waals surface area contributed by atoms with E-state index in [1.807, 2.05) is 5.38 Å². The number of rotatable bonds is 4. The van der Waals surface area contributed by atoms with Gasteiger partial charge in [0.05, 0.1) is 5.39 Å². The van der Waals surface area contributed by atoms with E-state index in [1.165, 1.54) is 25.7 Å². The van der Waals surface area contributed by atoms with Crippen molar-refractivity contribution in [3.05, 3.63) is 11.4 Å². The lowest BCUT2D eigenvalue weighted by Gasteiger charge is -2.29. The van der Waals surface area contributed by atoms with E-state index in [0.29, 0.717) is 12.0 Å². The van der Waals surface area contributed by atoms with Gasteiger partial charge in [-0.2, -0.15) is 4.98 Å². The van der Waals surface area contributed by atoms with Gasteiger partial charge in [-0.05, 0) is 55.4 Å². The van der Waals surface area contributed by atoms with Crippen molar-refractivity contribution < 1.29 is 0 Å². The van der Waals surface area contributed by atoms with E-state index < -0.39 is 0 Å². The number of hydrogen-bond donors (Lipinski definition) is 3. The highest BCUT2D eigenvalue weighted by Crippen LogP contribution is 2.50. The van der Waals surface area contributed by atoms with Crippen LogP contribution in [-0.2, 0) is 0 Å². The fourth-order valence-electron chi connectivity index (χ4n) is 4.26. The number of nitrogen functional groups attached to an aromatic ring is 1. The van der Waals surface area contributed by atoms with Crippen LogP contribution in [0, 0.1) is 17.8 Å². The second-order valence-electron chi connectivity index (χ2n) is 6.45. The SMILES string of the molecule is CC(Nc1nc(NN)nc2sccc12)C1CC2CCC1C2. The van der Waals surface area contributed by atoms with Crippen LogP contribution in [0.25, 0.3) is 10.2 Å². The van der Waals surface area contributed by atoms with E-state index in [2.05, 4.69) is 33.7 Å². The number of hydrogen-bond acceptors (Lipinski definition) is 6. The van der Waals surface area contributed by atoms with E-state index in [4.69, 9.17) is 5.84 Å². The molecule has 0 radical (unpaired) electrons. The molecule has 112 valence electrons. The summed E-state index contributed by atoms with van der Waals surface area (Å²) in [5.41, 5.74) is 2.56. The molecule has 2 saturated carbocycles. The lowest BCUT2D eigenvalue weighted by Crippen LogP contribution is -2.30. The highest BCUT2D eigenvalue weighted by Gasteiger charge is 2.41. The van der Waals surface area contributed by atoms with E-state index in [9.17, 15) is 0 Å². The Morgan fingerprint density at radius 2 is 2.24 bits per heavy atom. The molecule has 2 heterocycles. The van der Waals surface area contributed by atoms with Crippen LogP contribution < -0.4 is 16.6 Å². The summed E-state index contributed by atoms with van der Waals surface area (Å²) in [5, 5.41) is 6.77. The molecule has 21 heavy (non-hydrogen) atoms. The first-order valence-corrected chi connectivity index (χ1v) is 8.61. The van der Waals surface area contributed by atoms with Crippen molar-refractivity contribution in [1.82, 2.24) is 9.97 Å². The zero-order valence-electron chi connectivity index (χ0n) is 12.2. The Balaban J connectivity index is 1.60. The first-order valence-electron chi connectivity index (χ1n) is 7.73. The van der Waals surface area contributed by atoms with Crippen LogP contribution in [-0.4, -0.2) is 16.0 Å². The van der Waals surface area contributed by atoms with Crippen LogP contribution in [0.4, 0.5) is 11.8 Å². The maximum atomic E-state index is 5.48. The Hall–Kier alpha value is -1.40. The third-order valence-corrected chi connectivity index (χ3v) is 6.06. The van der Waals surface area contributed by atoms with Crippen molar-refractivity contribution in [2.24, 2.45) is 23.6 Å². The normalized spacial score (nSPS) is 29.0. The molecule has 2 fully saturated rings. The highest BCUT2D eigenvalue weighted by molar-refractivity contribution is 7.16. The molecule has 2 aromatic rings.